The van der Waals surface area contributed by atoms with Gasteiger partial charge in [0.2, 0.25) is 0 Å². The van der Waals surface area contributed by atoms with Crippen LogP contribution < -0.4 is 5.43 Å². The van der Waals surface area contributed by atoms with E-state index in [4.69, 9.17) is 16.3 Å². The van der Waals surface area contributed by atoms with Crippen molar-refractivity contribution in [3.8, 4) is 0 Å². The zero-order chi connectivity index (χ0) is 13.1. The van der Waals surface area contributed by atoms with Crippen molar-refractivity contribution in [1.29, 1.82) is 0 Å². The van der Waals surface area contributed by atoms with E-state index in [0.717, 1.165) is 4.88 Å². The lowest BCUT2D eigenvalue weighted by Gasteiger charge is -2.18. The summed E-state index contributed by atoms with van der Waals surface area (Å²) in [7, 11) is 0. The van der Waals surface area contributed by atoms with Crippen LogP contribution in [0.25, 0.3) is 0 Å². The second kappa shape index (κ2) is 5.51. The van der Waals surface area contributed by atoms with Crippen molar-refractivity contribution in [3.05, 3.63) is 21.3 Å². The van der Waals surface area contributed by atoms with Crippen molar-refractivity contribution >= 4 is 34.7 Å². The third-order valence-electron chi connectivity index (χ3n) is 1.64. The number of hydrogen-bond acceptors (Lipinski definition) is 4. The molecule has 0 bridgehead atoms. The topological polar surface area (TPSA) is 50.7 Å². The minimum absolute atomic E-state index is 0.528. The summed E-state index contributed by atoms with van der Waals surface area (Å²) in [6, 6.07) is 3.64. The van der Waals surface area contributed by atoms with Crippen molar-refractivity contribution in [3.63, 3.8) is 0 Å². The number of amides is 1. The van der Waals surface area contributed by atoms with Gasteiger partial charge < -0.3 is 4.74 Å². The van der Waals surface area contributed by atoms with Crippen LogP contribution in [0.4, 0.5) is 4.79 Å². The van der Waals surface area contributed by atoms with Gasteiger partial charge in [0.15, 0.2) is 0 Å². The van der Waals surface area contributed by atoms with Gasteiger partial charge in [0.25, 0.3) is 0 Å². The summed E-state index contributed by atoms with van der Waals surface area (Å²) < 4.78 is 5.74. The number of hydrogen-bond donors (Lipinski definition) is 1. The number of carbonyl (C=O) groups excluding carboxylic acids is 1. The Balaban J connectivity index is 2.57. The highest BCUT2D eigenvalue weighted by atomic mass is 35.5. The molecule has 0 saturated carbocycles. The van der Waals surface area contributed by atoms with Gasteiger partial charge in [0, 0.05) is 0 Å². The minimum atomic E-state index is -0.570. The van der Waals surface area contributed by atoms with E-state index in [2.05, 4.69) is 10.5 Å². The number of halogens is 1. The van der Waals surface area contributed by atoms with Crippen LogP contribution in [0.15, 0.2) is 17.2 Å². The molecule has 0 aliphatic carbocycles. The molecular weight excluding hydrogens is 260 g/mol. The van der Waals surface area contributed by atoms with Crippen LogP contribution in [0.2, 0.25) is 4.34 Å². The fourth-order valence-corrected chi connectivity index (χ4v) is 1.98. The molecule has 1 N–H and O–H groups in total. The van der Waals surface area contributed by atoms with Gasteiger partial charge in [0.1, 0.15) is 5.60 Å². The standard InChI is InChI=1S/C11H15ClN2O2S/c1-7(8-5-6-9(12)17-8)13-14-10(15)16-11(2,3)4/h5-6H,1-4H3,(H,14,15)/b13-7+. The average molecular weight is 275 g/mol. The number of nitrogens with zero attached hydrogens (tertiary/aromatic N) is 1. The summed E-state index contributed by atoms with van der Waals surface area (Å²) in [6.07, 6.45) is -0.570. The lowest BCUT2D eigenvalue weighted by atomic mass is 10.2. The molecule has 0 aliphatic heterocycles. The van der Waals surface area contributed by atoms with Crippen LogP contribution >= 0.6 is 22.9 Å². The van der Waals surface area contributed by atoms with E-state index in [1.54, 1.807) is 33.8 Å². The van der Waals surface area contributed by atoms with Crippen LogP contribution in [0.1, 0.15) is 32.6 Å². The van der Waals surface area contributed by atoms with Crippen molar-refractivity contribution in [2.75, 3.05) is 0 Å². The van der Waals surface area contributed by atoms with Crippen LogP contribution in [0, 0.1) is 0 Å². The molecule has 0 aliphatic rings. The maximum atomic E-state index is 11.3. The lowest BCUT2D eigenvalue weighted by Crippen LogP contribution is -2.30. The Morgan fingerprint density at radius 2 is 2.12 bits per heavy atom. The molecule has 0 aromatic carbocycles. The van der Waals surface area contributed by atoms with Gasteiger partial charge in [-0.3, -0.25) is 0 Å². The summed E-state index contributed by atoms with van der Waals surface area (Å²) in [5, 5.41) is 3.94. The van der Waals surface area contributed by atoms with E-state index in [9.17, 15) is 4.79 Å². The monoisotopic (exact) mass is 274 g/mol. The number of ether oxygens (including phenoxy) is 1. The predicted octanol–water partition coefficient (Wildman–Crippen LogP) is 3.65. The maximum Gasteiger partial charge on any atom is 0.428 e. The second-order valence-corrected chi connectivity index (χ2v) is 6.13. The highest BCUT2D eigenvalue weighted by Gasteiger charge is 2.15. The molecule has 0 fully saturated rings. The first-order chi connectivity index (χ1) is 7.78. The average Bonchev–Trinajstić information content (AvgIpc) is 2.58. The molecule has 1 rings (SSSR count). The minimum Gasteiger partial charge on any atom is -0.443 e. The van der Waals surface area contributed by atoms with Crippen molar-refractivity contribution in [2.45, 2.75) is 33.3 Å². The third kappa shape index (κ3) is 5.19. The first-order valence-corrected chi connectivity index (χ1v) is 6.26. The van der Waals surface area contributed by atoms with E-state index < -0.39 is 11.7 Å². The lowest BCUT2D eigenvalue weighted by molar-refractivity contribution is 0.0529. The van der Waals surface area contributed by atoms with Gasteiger partial charge in [-0.2, -0.15) is 5.10 Å². The number of carbonyl (C=O) groups is 1. The fourth-order valence-electron chi connectivity index (χ4n) is 0.994. The highest BCUT2D eigenvalue weighted by Crippen LogP contribution is 2.21. The molecule has 6 heteroatoms. The molecule has 0 unspecified atom stereocenters. The predicted molar refractivity (Wildman–Crippen MR) is 70.9 cm³/mol. The smallest absolute Gasteiger partial charge is 0.428 e. The molecule has 1 heterocycles. The van der Waals surface area contributed by atoms with E-state index in [1.807, 2.05) is 6.07 Å². The van der Waals surface area contributed by atoms with E-state index >= 15 is 0 Å². The summed E-state index contributed by atoms with van der Waals surface area (Å²) in [5.74, 6) is 0. The van der Waals surface area contributed by atoms with Gasteiger partial charge in [0.05, 0.1) is 14.9 Å². The van der Waals surface area contributed by atoms with Gasteiger partial charge in [-0.05, 0) is 39.8 Å². The molecule has 4 nitrogen and oxygen atoms in total. The van der Waals surface area contributed by atoms with Crippen LogP contribution in [-0.4, -0.2) is 17.4 Å². The molecule has 1 amide bonds. The largest absolute Gasteiger partial charge is 0.443 e. The summed E-state index contributed by atoms with van der Waals surface area (Å²) in [5.41, 5.74) is 2.50. The van der Waals surface area contributed by atoms with Crippen LogP contribution in [0.3, 0.4) is 0 Å². The summed E-state index contributed by atoms with van der Waals surface area (Å²) in [4.78, 5) is 12.2. The van der Waals surface area contributed by atoms with Crippen molar-refractivity contribution < 1.29 is 9.53 Å². The van der Waals surface area contributed by atoms with E-state index in [0.29, 0.717) is 10.0 Å². The quantitative estimate of drug-likeness (QED) is 0.661. The zero-order valence-corrected chi connectivity index (χ0v) is 11.8. The Kier molecular flexibility index (Phi) is 4.54. The Hall–Kier alpha value is -1.07. The molecule has 94 valence electrons. The van der Waals surface area contributed by atoms with Crippen LogP contribution in [0.5, 0.6) is 0 Å². The summed E-state index contributed by atoms with van der Waals surface area (Å²) >= 11 is 7.21. The molecule has 1 aromatic heterocycles. The van der Waals surface area contributed by atoms with E-state index in [1.165, 1.54) is 11.3 Å². The Morgan fingerprint density at radius 1 is 1.47 bits per heavy atom. The molecule has 0 radical (unpaired) electrons. The Morgan fingerprint density at radius 3 is 2.59 bits per heavy atom. The molecular formula is C11H15ClN2O2S. The molecule has 0 atom stereocenters. The first kappa shape index (κ1) is 14.0. The number of hydrazone groups is 1. The summed E-state index contributed by atoms with van der Waals surface area (Å²) in [6.45, 7) is 7.17. The zero-order valence-electron chi connectivity index (χ0n) is 10.2. The molecule has 0 saturated heterocycles. The Labute approximate surface area is 110 Å². The number of thiophene rings is 1. The number of rotatable bonds is 2. The normalized spacial score (nSPS) is 12.4. The third-order valence-corrected chi connectivity index (χ3v) is 2.98. The Bertz CT molecular complexity index is 435. The molecule has 0 spiro atoms. The first-order valence-electron chi connectivity index (χ1n) is 5.07. The highest BCUT2D eigenvalue weighted by molar-refractivity contribution is 7.18. The van der Waals surface area contributed by atoms with Gasteiger partial charge >= 0.3 is 6.09 Å². The fraction of sp³-hybridized carbons (Fsp3) is 0.455. The van der Waals surface area contributed by atoms with Crippen molar-refractivity contribution in [1.82, 2.24) is 5.43 Å². The second-order valence-electron chi connectivity index (χ2n) is 4.41. The molecule has 1 aromatic rings. The maximum absolute atomic E-state index is 11.3. The van der Waals surface area contributed by atoms with Crippen molar-refractivity contribution in [2.24, 2.45) is 5.10 Å². The van der Waals surface area contributed by atoms with Gasteiger partial charge in [-0.1, -0.05) is 11.6 Å². The van der Waals surface area contributed by atoms with Crippen LogP contribution in [-0.2, 0) is 4.74 Å². The number of nitrogens with one attached hydrogen (secondary N) is 1. The van der Waals surface area contributed by atoms with E-state index in [-0.39, 0.29) is 0 Å². The SMILES string of the molecule is C/C(=N\NC(=O)OC(C)(C)C)c1ccc(Cl)s1. The van der Waals surface area contributed by atoms with Gasteiger partial charge in [-0.25, -0.2) is 10.2 Å². The van der Waals surface area contributed by atoms with Gasteiger partial charge in [-0.15, -0.1) is 11.3 Å². The molecule has 17 heavy (non-hydrogen) atoms.